The van der Waals surface area contributed by atoms with Gasteiger partial charge >= 0.3 is 0 Å². The van der Waals surface area contributed by atoms with Crippen LogP contribution in [0.3, 0.4) is 0 Å². The van der Waals surface area contributed by atoms with E-state index in [0.717, 1.165) is 0 Å². The topological polar surface area (TPSA) is 111 Å². The maximum absolute atomic E-state index is 12.5. The molecule has 1 heterocycles. The monoisotopic (exact) mass is 391 g/mol. The van der Waals surface area contributed by atoms with E-state index in [1.165, 1.54) is 42.0 Å². The Hall–Kier alpha value is -4.07. The molecule has 0 spiro atoms. The molecule has 0 saturated carbocycles. The Morgan fingerprint density at radius 2 is 1.59 bits per heavy atom. The maximum atomic E-state index is 12.5. The first kappa shape index (κ1) is 19.7. The van der Waals surface area contributed by atoms with E-state index in [4.69, 9.17) is 0 Å². The number of anilines is 1. The number of hydrogen-bond acceptors (Lipinski definition) is 5. The van der Waals surface area contributed by atoms with Gasteiger partial charge in [-0.3, -0.25) is 24.5 Å². The standard InChI is InChI=1S/C21H17N3O5/c1-14(25)16-4-7-18(8-5-16)22-21(27)17-6-11-20(26)23(13-17)12-15-2-9-19(10-3-15)24(28)29/h2-11,13H,12H2,1H3,(H,22,27). The third-order valence-corrected chi connectivity index (χ3v) is 4.30. The van der Waals surface area contributed by atoms with E-state index in [9.17, 15) is 24.5 Å². The minimum atomic E-state index is -0.496. The van der Waals surface area contributed by atoms with E-state index in [0.29, 0.717) is 16.8 Å². The molecule has 0 saturated heterocycles. The van der Waals surface area contributed by atoms with Crippen molar-refractivity contribution in [3.8, 4) is 0 Å². The van der Waals surface area contributed by atoms with Crippen molar-refractivity contribution in [2.24, 2.45) is 0 Å². The molecule has 0 aliphatic rings. The zero-order chi connectivity index (χ0) is 21.0. The summed E-state index contributed by atoms with van der Waals surface area (Å²) in [6, 6.07) is 15.1. The summed E-state index contributed by atoms with van der Waals surface area (Å²) in [7, 11) is 0. The van der Waals surface area contributed by atoms with Gasteiger partial charge in [0.15, 0.2) is 5.78 Å². The summed E-state index contributed by atoms with van der Waals surface area (Å²) in [6.45, 7) is 1.63. The fourth-order valence-electron chi connectivity index (χ4n) is 2.70. The van der Waals surface area contributed by atoms with Crippen LogP contribution in [0.4, 0.5) is 11.4 Å². The van der Waals surface area contributed by atoms with Crippen molar-refractivity contribution < 1.29 is 14.5 Å². The molecule has 0 aliphatic carbocycles. The lowest BCUT2D eigenvalue weighted by Gasteiger charge is -2.09. The molecular formula is C21H17N3O5. The largest absolute Gasteiger partial charge is 0.322 e. The molecule has 2 aromatic carbocycles. The normalized spacial score (nSPS) is 10.4. The van der Waals surface area contributed by atoms with E-state index in [2.05, 4.69) is 5.32 Å². The average Bonchev–Trinajstić information content (AvgIpc) is 2.70. The number of nitrogens with one attached hydrogen (secondary N) is 1. The average molecular weight is 391 g/mol. The molecule has 146 valence electrons. The van der Waals surface area contributed by atoms with E-state index >= 15 is 0 Å². The van der Waals surface area contributed by atoms with Gasteiger partial charge < -0.3 is 9.88 Å². The minimum Gasteiger partial charge on any atom is -0.322 e. The highest BCUT2D eigenvalue weighted by molar-refractivity contribution is 6.04. The lowest BCUT2D eigenvalue weighted by molar-refractivity contribution is -0.384. The summed E-state index contributed by atoms with van der Waals surface area (Å²) in [5, 5.41) is 13.4. The summed E-state index contributed by atoms with van der Waals surface area (Å²) in [5.74, 6) is -0.473. The number of carbonyl (C=O) groups excluding carboxylic acids is 2. The second-order valence-corrected chi connectivity index (χ2v) is 6.40. The highest BCUT2D eigenvalue weighted by Crippen LogP contribution is 2.14. The number of nitro groups is 1. The number of pyridine rings is 1. The fourth-order valence-corrected chi connectivity index (χ4v) is 2.70. The van der Waals surface area contributed by atoms with Crippen LogP contribution < -0.4 is 10.9 Å². The summed E-state index contributed by atoms with van der Waals surface area (Å²) in [5.41, 5.74) is 1.70. The molecule has 3 aromatic rings. The second-order valence-electron chi connectivity index (χ2n) is 6.40. The number of Topliss-reactive ketones (excluding diaryl/α,β-unsaturated/α-hetero) is 1. The van der Waals surface area contributed by atoms with Crippen molar-refractivity contribution in [1.82, 2.24) is 4.57 Å². The summed E-state index contributed by atoms with van der Waals surface area (Å²) in [6.07, 6.45) is 1.43. The molecule has 8 heteroatoms. The molecule has 8 nitrogen and oxygen atoms in total. The first-order valence-electron chi connectivity index (χ1n) is 8.69. The third-order valence-electron chi connectivity index (χ3n) is 4.30. The van der Waals surface area contributed by atoms with Gasteiger partial charge in [0, 0.05) is 35.6 Å². The molecule has 0 bridgehead atoms. The summed E-state index contributed by atoms with van der Waals surface area (Å²) >= 11 is 0. The molecule has 0 atom stereocenters. The number of benzene rings is 2. The molecule has 0 radical (unpaired) electrons. The molecule has 1 aromatic heterocycles. The number of nitro benzene ring substituents is 1. The van der Waals surface area contributed by atoms with Crippen molar-refractivity contribution in [2.75, 3.05) is 5.32 Å². The predicted molar refractivity (Wildman–Crippen MR) is 107 cm³/mol. The molecule has 29 heavy (non-hydrogen) atoms. The van der Waals surface area contributed by atoms with Gasteiger partial charge in [0.1, 0.15) is 0 Å². The van der Waals surface area contributed by atoms with Gasteiger partial charge in [-0.05, 0) is 42.8 Å². The van der Waals surface area contributed by atoms with Gasteiger partial charge in [-0.1, -0.05) is 12.1 Å². The van der Waals surface area contributed by atoms with Crippen molar-refractivity contribution in [1.29, 1.82) is 0 Å². The van der Waals surface area contributed by atoms with Gasteiger partial charge in [-0.15, -0.1) is 0 Å². The van der Waals surface area contributed by atoms with Crippen molar-refractivity contribution in [3.05, 3.63) is 104 Å². The Morgan fingerprint density at radius 3 is 2.17 bits per heavy atom. The number of amides is 1. The van der Waals surface area contributed by atoms with Gasteiger partial charge in [0.2, 0.25) is 0 Å². The predicted octanol–water partition coefficient (Wildman–Crippen LogP) is 3.26. The van der Waals surface area contributed by atoms with Crippen LogP contribution in [-0.4, -0.2) is 21.2 Å². The summed E-state index contributed by atoms with van der Waals surface area (Å²) in [4.78, 5) is 46.2. The third kappa shape index (κ3) is 4.81. The van der Waals surface area contributed by atoms with Crippen LogP contribution in [-0.2, 0) is 6.54 Å². The fraction of sp³-hybridized carbons (Fsp3) is 0.0952. The zero-order valence-electron chi connectivity index (χ0n) is 15.5. The van der Waals surface area contributed by atoms with Crippen LogP contribution in [0.15, 0.2) is 71.7 Å². The van der Waals surface area contributed by atoms with Crippen LogP contribution in [0.1, 0.15) is 33.2 Å². The number of carbonyl (C=O) groups is 2. The van der Waals surface area contributed by atoms with E-state index in [1.807, 2.05) is 0 Å². The molecular weight excluding hydrogens is 374 g/mol. The maximum Gasteiger partial charge on any atom is 0.269 e. The molecule has 1 N–H and O–H groups in total. The van der Waals surface area contributed by atoms with Crippen LogP contribution in [0.2, 0.25) is 0 Å². The minimum absolute atomic E-state index is 0.0370. The lowest BCUT2D eigenvalue weighted by atomic mass is 10.1. The highest BCUT2D eigenvalue weighted by Gasteiger charge is 2.10. The Balaban J connectivity index is 1.77. The van der Waals surface area contributed by atoms with Crippen LogP contribution >= 0.6 is 0 Å². The van der Waals surface area contributed by atoms with Crippen molar-refractivity contribution in [3.63, 3.8) is 0 Å². The Labute approximate surface area is 165 Å². The van der Waals surface area contributed by atoms with Crippen LogP contribution in [0.5, 0.6) is 0 Å². The number of rotatable bonds is 6. The first-order valence-corrected chi connectivity index (χ1v) is 8.69. The van der Waals surface area contributed by atoms with Crippen LogP contribution in [0, 0.1) is 10.1 Å². The van der Waals surface area contributed by atoms with Gasteiger partial charge in [0.25, 0.3) is 17.2 Å². The van der Waals surface area contributed by atoms with Gasteiger partial charge in [-0.2, -0.15) is 0 Å². The summed E-state index contributed by atoms with van der Waals surface area (Å²) < 4.78 is 1.36. The van der Waals surface area contributed by atoms with Gasteiger partial charge in [-0.25, -0.2) is 0 Å². The van der Waals surface area contributed by atoms with Crippen molar-refractivity contribution in [2.45, 2.75) is 13.5 Å². The van der Waals surface area contributed by atoms with Crippen LogP contribution in [0.25, 0.3) is 0 Å². The van der Waals surface area contributed by atoms with Crippen molar-refractivity contribution >= 4 is 23.1 Å². The van der Waals surface area contributed by atoms with E-state index in [1.54, 1.807) is 36.4 Å². The molecule has 0 aliphatic heterocycles. The number of hydrogen-bond donors (Lipinski definition) is 1. The smallest absolute Gasteiger partial charge is 0.269 e. The van der Waals surface area contributed by atoms with Gasteiger partial charge in [0.05, 0.1) is 17.0 Å². The van der Waals surface area contributed by atoms with E-state index < -0.39 is 10.8 Å². The SMILES string of the molecule is CC(=O)c1ccc(NC(=O)c2ccc(=O)n(Cc3ccc([N+](=O)[O-])cc3)c2)cc1. The number of ketones is 1. The quantitative estimate of drug-likeness (QED) is 0.394. The van der Waals surface area contributed by atoms with E-state index in [-0.39, 0.29) is 29.1 Å². The molecule has 0 unspecified atom stereocenters. The zero-order valence-corrected chi connectivity index (χ0v) is 15.5. The number of non-ortho nitro benzene ring substituents is 1. The Morgan fingerprint density at radius 1 is 0.966 bits per heavy atom. The second kappa shape index (κ2) is 8.30. The number of nitrogens with zero attached hydrogens (tertiary/aromatic N) is 2. The Bertz CT molecular complexity index is 1130. The Kier molecular flexibility index (Phi) is 5.64. The lowest BCUT2D eigenvalue weighted by Crippen LogP contribution is -2.22. The molecule has 0 fully saturated rings. The number of aromatic nitrogens is 1. The molecule has 3 rings (SSSR count). The molecule has 1 amide bonds. The first-order chi connectivity index (χ1) is 13.8. The highest BCUT2D eigenvalue weighted by atomic mass is 16.6.